The van der Waals surface area contributed by atoms with Gasteiger partial charge in [-0.25, -0.2) is 13.1 Å². The van der Waals surface area contributed by atoms with E-state index in [0.717, 1.165) is 17.7 Å². The number of anilines is 2. The minimum absolute atomic E-state index is 0.0151. The van der Waals surface area contributed by atoms with Gasteiger partial charge in [-0.05, 0) is 42.3 Å². The van der Waals surface area contributed by atoms with Crippen LogP contribution in [0.4, 0.5) is 11.4 Å². The fraction of sp³-hybridized carbons (Fsp3) is 0.263. The number of para-hydroxylation sites is 1. The Morgan fingerprint density at radius 3 is 2.26 bits per heavy atom. The van der Waals surface area contributed by atoms with E-state index in [1.165, 1.54) is 31.2 Å². The van der Waals surface area contributed by atoms with E-state index >= 15 is 0 Å². The topological polar surface area (TPSA) is 104 Å². The summed E-state index contributed by atoms with van der Waals surface area (Å²) < 4.78 is 27.0. The molecule has 144 valence electrons. The third-order valence-corrected chi connectivity index (χ3v) is 5.28. The molecule has 0 heterocycles. The van der Waals surface area contributed by atoms with Gasteiger partial charge in [0.2, 0.25) is 21.8 Å². The predicted octanol–water partition coefficient (Wildman–Crippen LogP) is 2.51. The smallest absolute Gasteiger partial charge is 0.240 e. The fourth-order valence-corrected chi connectivity index (χ4v) is 3.50. The summed E-state index contributed by atoms with van der Waals surface area (Å²) in [7, 11) is -3.73. The highest BCUT2D eigenvalue weighted by molar-refractivity contribution is 7.89. The van der Waals surface area contributed by atoms with Crippen molar-refractivity contribution in [3.63, 3.8) is 0 Å². The molecule has 0 aliphatic heterocycles. The molecule has 0 saturated heterocycles. The highest BCUT2D eigenvalue weighted by Gasteiger charge is 2.14. The lowest BCUT2D eigenvalue weighted by Gasteiger charge is -2.10. The highest BCUT2D eigenvalue weighted by atomic mass is 32.2. The molecule has 8 heteroatoms. The van der Waals surface area contributed by atoms with Gasteiger partial charge in [0, 0.05) is 31.3 Å². The summed E-state index contributed by atoms with van der Waals surface area (Å²) in [4.78, 5) is 23.1. The monoisotopic (exact) mass is 389 g/mol. The molecule has 0 aliphatic rings. The Morgan fingerprint density at radius 1 is 0.963 bits per heavy atom. The fourth-order valence-electron chi connectivity index (χ4n) is 2.47. The lowest BCUT2D eigenvalue weighted by atomic mass is 10.1. The van der Waals surface area contributed by atoms with E-state index in [-0.39, 0.29) is 29.7 Å². The molecule has 3 N–H and O–H groups in total. The van der Waals surface area contributed by atoms with Crippen molar-refractivity contribution in [2.75, 3.05) is 17.2 Å². The van der Waals surface area contributed by atoms with Crippen LogP contribution in [0.3, 0.4) is 0 Å². The van der Waals surface area contributed by atoms with Crippen molar-refractivity contribution >= 4 is 33.2 Å². The Kier molecular flexibility index (Phi) is 7.09. The summed E-state index contributed by atoms with van der Waals surface area (Å²) in [5.74, 6) is -0.501. The van der Waals surface area contributed by atoms with Crippen LogP contribution in [0.15, 0.2) is 53.4 Å². The van der Waals surface area contributed by atoms with Gasteiger partial charge in [-0.3, -0.25) is 9.59 Å². The second-order valence-electron chi connectivity index (χ2n) is 5.91. The molecule has 2 amide bonds. The molecule has 7 nitrogen and oxygen atoms in total. The maximum absolute atomic E-state index is 12.3. The number of carbonyl (C=O) groups excluding carboxylic acids is 2. The maximum atomic E-state index is 12.3. The molecule has 0 spiro atoms. The van der Waals surface area contributed by atoms with Gasteiger partial charge in [0.15, 0.2) is 0 Å². The van der Waals surface area contributed by atoms with Crippen molar-refractivity contribution in [2.24, 2.45) is 0 Å². The Labute approximate surface area is 159 Å². The minimum Gasteiger partial charge on any atom is -0.326 e. The van der Waals surface area contributed by atoms with E-state index in [1.807, 2.05) is 31.2 Å². The van der Waals surface area contributed by atoms with Gasteiger partial charge in [-0.1, -0.05) is 25.1 Å². The molecule has 2 aromatic rings. The predicted molar refractivity (Wildman–Crippen MR) is 105 cm³/mol. The van der Waals surface area contributed by atoms with E-state index in [1.54, 1.807) is 0 Å². The zero-order chi connectivity index (χ0) is 19.9. The molecule has 27 heavy (non-hydrogen) atoms. The molecule has 0 radical (unpaired) electrons. The Balaban J connectivity index is 1.89. The van der Waals surface area contributed by atoms with Gasteiger partial charge >= 0.3 is 0 Å². The molecular weight excluding hydrogens is 366 g/mol. The molecule has 0 bridgehead atoms. The number of hydrogen-bond acceptors (Lipinski definition) is 4. The van der Waals surface area contributed by atoms with E-state index in [9.17, 15) is 18.0 Å². The first-order chi connectivity index (χ1) is 12.8. The average Bonchev–Trinajstić information content (AvgIpc) is 2.62. The van der Waals surface area contributed by atoms with E-state index in [0.29, 0.717) is 5.69 Å². The summed E-state index contributed by atoms with van der Waals surface area (Å²) >= 11 is 0. The first kappa shape index (κ1) is 20.6. The normalized spacial score (nSPS) is 11.0. The zero-order valence-corrected chi connectivity index (χ0v) is 16.1. The minimum atomic E-state index is -3.73. The van der Waals surface area contributed by atoms with Crippen LogP contribution in [0.25, 0.3) is 0 Å². The lowest BCUT2D eigenvalue weighted by Crippen LogP contribution is -2.28. The first-order valence-corrected chi connectivity index (χ1v) is 10.0. The van der Waals surface area contributed by atoms with Crippen LogP contribution < -0.4 is 15.4 Å². The van der Waals surface area contributed by atoms with Crippen molar-refractivity contribution in [3.8, 4) is 0 Å². The SMILES string of the molecule is CCc1ccccc1NC(=O)CCNS(=O)(=O)c1ccc(NC(C)=O)cc1. The van der Waals surface area contributed by atoms with Gasteiger partial charge in [-0.2, -0.15) is 0 Å². The van der Waals surface area contributed by atoms with E-state index < -0.39 is 10.0 Å². The Hall–Kier alpha value is -2.71. The number of carbonyl (C=O) groups is 2. The number of hydrogen-bond donors (Lipinski definition) is 3. The molecule has 0 aromatic heterocycles. The standard InChI is InChI=1S/C19H23N3O4S/c1-3-15-6-4-5-7-18(15)22-19(24)12-13-20-27(25,26)17-10-8-16(9-11-17)21-14(2)23/h4-11,20H,3,12-13H2,1-2H3,(H,21,23)(H,22,24). The van der Waals surface area contributed by atoms with Crippen molar-refractivity contribution in [3.05, 3.63) is 54.1 Å². The van der Waals surface area contributed by atoms with Crippen molar-refractivity contribution in [1.82, 2.24) is 4.72 Å². The lowest BCUT2D eigenvalue weighted by molar-refractivity contribution is -0.116. The largest absolute Gasteiger partial charge is 0.326 e. The van der Waals surface area contributed by atoms with Crippen molar-refractivity contribution in [1.29, 1.82) is 0 Å². The highest BCUT2D eigenvalue weighted by Crippen LogP contribution is 2.16. The molecule has 2 rings (SSSR count). The second kappa shape index (κ2) is 9.29. The zero-order valence-electron chi connectivity index (χ0n) is 15.3. The second-order valence-corrected chi connectivity index (χ2v) is 7.68. The summed E-state index contributed by atoms with van der Waals surface area (Å²) in [6.07, 6.45) is 0.804. The van der Waals surface area contributed by atoms with Crippen LogP contribution in [0, 0.1) is 0 Å². The van der Waals surface area contributed by atoms with Crippen LogP contribution in [-0.2, 0) is 26.0 Å². The molecule has 0 atom stereocenters. The van der Waals surface area contributed by atoms with Crippen LogP contribution in [-0.4, -0.2) is 26.8 Å². The summed E-state index contributed by atoms with van der Waals surface area (Å²) in [5.41, 5.74) is 2.27. The van der Waals surface area contributed by atoms with Gasteiger partial charge in [0.05, 0.1) is 4.90 Å². The van der Waals surface area contributed by atoms with Gasteiger partial charge < -0.3 is 10.6 Å². The van der Waals surface area contributed by atoms with E-state index in [2.05, 4.69) is 15.4 Å². The van der Waals surface area contributed by atoms with Crippen LogP contribution in [0.2, 0.25) is 0 Å². The van der Waals surface area contributed by atoms with Crippen molar-refractivity contribution in [2.45, 2.75) is 31.6 Å². The molecule has 0 unspecified atom stereocenters. The Morgan fingerprint density at radius 2 is 1.63 bits per heavy atom. The molecule has 0 aliphatic carbocycles. The van der Waals surface area contributed by atoms with Crippen LogP contribution >= 0.6 is 0 Å². The van der Waals surface area contributed by atoms with Crippen LogP contribution in [0.1, 0.15) is 25.8 Å². The number of nitrogens with one attached hydrogen (secondary N) is 3. The maximum Gasteiger partial charge on any atom is 0.240 e. The summed E-state index contributed by atoms with van der Waals surface area (Å²) in [5, 5.41) is 5.37. The molecule has 2 aromatic carbocycles. The number of benzene rings is 2. The molecule has 0 saturated carbocycles. The third-order valence-electron chi connectivity index (χ3n) is 3.80. The van der Waals surface area contributed by atoms with Gasteiger partial charge in [-0.15, -0.1) is 0 Å². The Bertz CT molecular complexity index is 909. The summed E-state index contributed by atoms with van der Waals surface area (Å²) in [6.45, 7) is 3.35. The quantitative estimate of drug-likeness (QED) is 0.645. The number of amides is 2. The number of sulfonamides is 1. The van der Waals surface area contributed by atoms with Crippen LogP contribution in [0.5, 0.6) is 0 Å². The summed E-state index contributed by atoms with van der Waals surface area (Å²) in [6, 6.07) is 13.3. The first-order valence-electron chi connectivity index (χ1n) is 8.57. The third kappa shape index (κ3) is 6.19. The van der Waals surface area contributed by atoms with Gasteiger partial charge in [0.1, 0.15) is 0 Å². The van der Waals surface area contributed by atoms with Gasteiger partial charge in [0.25, 0.3) is 0 Å². The molecule has 0 fully saturated rings. The number of aryl methyl sites for hydroxylation is 1. The number of rotatable bonds is 8. The molecular formula is C19H23N3O4S. The van der Waals surface area contributed by atoms with Crippen molar-refractivity contribution < 1.29 is 18.0 Å². The average molecular weight is 389 g/mol. The van der Waals surface area contributed by atoms with E-state index in [4.69, 9.17) is 0 Å².